The summed E-state index contributed by atoms with van der Waals surface area (Å²) in [5, 5.41) is 9.84. The molecular formula is C20H31FO2. The van der Waals surface area contributed by atoms with Crippen molar-refractivity contribution in [2.24, 2.45) is 28.1 Å². The van der Waals surface area contributed by atoms with Crippen molar-refractivity contribution in [2.45, 2.75) is 72.1 Å². The van der Waals surface area contributed by atoms with Crippen molar-refractivity contribution in [1.82, 2.24) is 0 Å². The quantitative estimate of drug-likeness (QED) is 0.708. The fourth-order valence-electron chi connectivity index (χ4n) is 6.18. The molecule has 0 radical (unpaired) electrons. The molecule has 0 amide bonds. The zero-order valence-electron chi connectivity index (χ0n) is 14.8. The van der Waals surface area contributed by atoms with Gasteiger partial charge in [0.25, 0.3) is 0 Å². The second kappa shape index (κ2) is 5.60. The van der Waals surface area contributed by atoms with E-state index < -0.39 is 11.4 Å². The lowest BCUT2D eigenvalue weighted by Gasteiger charge is -2.58. The molecule has 3 heteroatoms. The van der Waals surface area contributed by atoms with Crippen LogP contribution in [-0.4, -0.2) is 17.8 Å². The zero-order valence-corrected chi connectivity index (χ0v) is 14.8. The molecule has 2 saturated carbocycles. The summed E-state index contributed by atoms with van der Waals surface area (Å²) in [5.41, 5.74) is 1.05. The van der Waals surface area contributed by atoms with Gasteiger partial charge in [-0.1, -0.05) is 31.9 Å². The third-order valence-electron chi connectivity index (χ3n) is 7.57. The third kappa shape index (κ3) is 2.55. The minimum absolute atomic E-state index is 0.0331. The Morgan fingerprint density at radius 3 is 2.70 bits per heavy atom. The zero-order chi connectivity index (χ0) is 16.9. The standard InChI is InChI=1S/C20H31FO2/c1-18(11-12-21)10-7-15-14(13-18)5-6-16-19(15,2)8-4-9-20(16,3)17(22)23/h7,14,16H,4-6,8-13H2,1-3H3,(H,22,23)/t14-,16-,18+,19-,20+/m0/s1. The first-order chi connectivity index (χ1) is 10.8. The Morgan fingerprint density at radius 2 is 2.04 bits per heavy atom. The van der Waals surface area contributed by atoms with Crippen molar-refractivity contribution in [1.29, 1.82) is 0 Å². The van der Waals surface area contributed by atoms with E-state index >= 15 is 0 Å². The largest absolute Gasteiger partial charge is 0.481 e. The molecule has 3 rings (SSSR count). The fourth-order valence-corrected chi connectivity index (χ4v) is 6.18. The molecule has 0 spiro atoms. The number of aliphatic carboxylic acids is 1. The smallest absolute Gasteiger partial charge is 0.309 e. The van der Waals surface area contributed by atoms with E-state index in [-0.39, 0.29) is 23.4 Å². The number of allylic oxidation sites excluding steroid dienone is 2. The van der Waals surface area contributed by atoms with E-state index in [1.165, 1.54) is 5.57 Å². The van der Waals surface area contributed by atoms with Gasteiger partial charge in [0.05, 0.1) is 12.1 Å². The average Bonchev–Trinajstić information content (AvgIpc) is 2.46. The van der Waals surface area contributed by atoms with Gasteiger partial charge in [0.15, 0.2) is 0 Å². The van der Waals surface area contributed by atoms with E-state index in [4.69, 9.17) is 0 Å². The van der Waals surface area contributed by atoms with Crippen LogP contribution in [0.4, 0.5) is 4.39 Å². The van der Waals surface area contributed by atoms with Crippen LogP contribution < -0.4 is 0 Å². The number of rotatable bonds is 3. The first-order valence-electron chi connectivity index (χ1n) is 9.25. The summed E-state index contributed by atoms with van der Waals surface area (Å²) in [6.45, 7) is 6.27. The van der Waals surface area contributed by atoms with Gasteiger partial charge < -0.3 is 5.11 Å². The van der Waals surface area contributed by atoms with Gasteiger partial charge in [0, 0.05) is 0 Å². The summed E-state index contributed by atoms with van der Waals surface area (Å²) in [7, 11) is 0. The molecule has 0 aromatic rings. The number of hydrogen-bond donors (Lipinski definition) is 1. The van der Waals surface area contributed by atoms with Crippen molar-refractivity contribution in [3.8, 4) is 0 Å². The minimum atomic E-state index is -0.620. The molecule has 0 bridgehead atoms. The van der Waals surface area contributed by atoms with Crippen LogP contribution >= 0.6 is 0 Å². The molecule has 0 aromatic carbocycles. The van der Waals surface area contributed by atoms with Crippen LogP contribution in [0, 0.1) is 28.1 Å². The maximum atomic E-state index is 12.9. The van der Waals surface area contributed by atoms with Crippen LogP contribution in [0.25, 0.3) is 0 Å². The molecule has 5 atom stereocenters. The number of alkyl halides is 1. The molecule has 2 nitrogen and oxygen atoms in total. The molecule has 0 saturated heterocycles. The Morgan fingerprint density at radius 1 is 1.30 bits per heavy atom. The van der Waals surface area contributed by atoms with Crippen molar-refractivity contribution in [2.75, 3.05) is 6.67 Å². The van der Waals surface area contributed by atoms with E-state index in [1.807, 2.05) is 6.92 Å². The monoisotopic (exact) mass is 322 g/mol. The molecular weight excluding hydrogens is 291 g/mol. The van der Waals surface area contributed by atoms with Crippen LogP contribution in [0.2, 0.25) is 0 Å². The van der Waals surface area contributed by atoms with Gasteiger partial charge in [0.2, 0.25) is 0 Å². The van der Waals surface area contributed by atoms with Crippen LogP contribution in [0.5, 0.6) is 0 Å². The average molecular weight is 322 g/mol. The van der Waals surface area contributed by atoms with Crippen molar-refractivity contribution in [3.63, 3.8) is 0 Å². The summed E-state index contributed by atoms with van der Waals surface area (Å²) in [6.07, 6.45) is 10.1. The summed E-state index contributed by atoms with van der Waals surface area (Å²) >= 11 is 0. The molecule has 0 aromatic heterocycles. The first-order valence-corrected chi connectivity index (χ1v) is 9.25. The van der Waals surface area contributed by atoms with Gasteiger partial charge in [-0.15, -0.1) is 0 Å². The van der Waals surface area contributed by atoms with Crippen LogP contribution in [0.3, 0.4) is 0 Å². The summed E-state index contributed by atoms with van der Waals surface area (Å²) in [6, 6.07) is 0. The Balaban J connectivity index is 1.94. The molecule has 3 aliphatic carbocycles. The number of carboxylic acid groups (broad SMARTS) is 1. The molecule has 0 heterocycles. The van der Waals surface area contributed by atoms with Gasteiger partial charge in [0.1, 0.15) is 0 Å². The predicted molar refractivity (Wildman–Crippen MR) is 89.9 cm³/mol. The Hall–Kier alpha value is -0.860. The van der Waals surface area contributed by atoms with E-state index in [1.54, 1.807) is 0 Å². The maximum Gasteiger partial charge on any atom is 0.309 e. The van der Waals surface area contributed by atoms with Crippen molar-refractivity contribution < 1.29 is 14.3 Å². The van der Waals surface area contributed by atoms with E-state index in [0.717, 1.165) is 44.9 Å². The number of hydrogen-bond acceptors (Lipinski definition) is 1. The lowest BCUT2D eigenvalue weighted by atomic mass is 9.46. The molecule has 0 aliphatic heterocycles. The normalized spacial score (nSPS) is 46.5. The van der Waals surface area contributed by atoms with Crippen LogP contribution in [0.15, 0.2) is 11.6 Å². The molecule has 0 unspecified atom stereocenters. The van der Waals surface area contributed by atoms with Crippen LogP contribution in [-0.2, 0) is 4.79 Å². The minimum Gasteiger partial charge on any atom is -0.481 e. The lowest BCUT2D eigenvalue weighted by molar-refractivity contribution is -0.160. The highest BCUT2D eigenvalue weighted by atomic mass is 19.1. The van der Waals surface area contributed by atoms with Crippen molar-refractivity contribution >= 4 is 5.97 Å². The fraction of sp³-hybridized carbons (Fsp3) is 0.850. The molecule has 23 heavy (non-hydrogen) atoms. The third-order valence-corrected chi connectivity index (χ3v) is 7.57. The number of carbonyl (C=O) groups is 1. The van der Waals surface area contributed by atoms with Gasteiger partial charge in [-0.05, 0) is 74.5 Å². The highest BCUT2D eigenvalue weighted by Gasteiger charge is 2.57. The topological polar surface area (TPSA) is 37.3 Å². The molecule has 2 fully saturated rings. The second-order valence-electron chi connectivity index (χ2n) is 9.14. The van der Waals surface area contributed by atoms with Crippen molar-refractivity contribution in [3.05, 3.63) is 11.6 Å². The number of fused-ring (bicyclic) bond motifs is 3. The van der Waals surface area contributed by atoms with Gasteiger partial charge in [-0.3, -0.25) is 9.18 Å². The predicted octanol–water partition coefficient (Wildman–Crippen LogP) is 5.38. The lowest BCUT2D eigenvalue weighted by Crippen LogP contribution is -2.52. The highest BCUT2D eigenvalue weighted by Crippen LogP contribution is 2.63. The SMILES string of the molecule is C[C@]1(CCF)CC=C2[C@@H](CC[C@@H]3[C@](C)(C(=O)O)CCC[C@@]23C)C1. The Bertz CT molecular complexity index is 528. The highest BCUT2D eigenvalue weighted by molar-refractivity contribution is 5.75. The number of halogens is 1. The van der Waals surface area contributed by atoms with E-state index in [0.29, 0.717) is 12.3 Å². The summed E-state index contributed by atoms with van der Waals surface area (Å²) < 4.78 is 12.9. The van der Waals surface area contributed by atoms with Gasteiger partial charge in [-0.2, -0.15) is 0 Å². The molecule has 130 valence electrons. The summed E-state index contributed by atoms with van der Waals surface area (Å²) in [5.74, 6) is 0.164. The Kier molecular flexibility index (Phi) is 4.13. The van der Waals surface area contributed by atoms with Crippen LogP contribution in [0.1, 0.15) is 72.1 Å². The first kappa shape index (κ1) is 17.0. The van der Waals surface area contributed by atoms with Gasteiger partial charge in [-0.25, -0.2) is 0 Å². The second-order valence-corrected chi connectivity index (χ2v) is 9.14. The van der Waals surface area contributed by atoms with E-state index in [2.05, 4.69) is 19.9 Å². The van der Waals surface area contributed by atoms with E-state index in [9.17, 15) is 14.3 Å². The summed E-state index contributed by atoms with van der Waals surface area (Å²) in [4.78, 5) is 12.0. The number of carboxylic acids is 1. The van der Waals surface area contributed by atoms with Gasteiger partial charge >= 0.3 is 5.97 Å². The molecule has 1 N–H and O–H groups in total. The maximum absolute atomic E-state index is 12.9. The Labute approximate surface area is 139 Å². The molecule has 3 aliphatic rings.